The van der Waals surface area contributed by atoms with Crippen molar-refractivity contribution in [1.82, 2.24) is 10.6 Å². The molecule has 9 nitrogen and oxygen atoms in total. The summed E-state index contributed by atoms with van der Waals surface area (Å²) in [5.74, 6) is -3.28. The van der Waals surface area contributed by atoms with E-state index >= 15 is 0 Å². The fraction of sp³-hybridized carbons (Fsp3) is 0.269. The lowest BCUT2D eigenvalue weighted by atomic mass is 10.0. The molecule has 2 aromatic rings. The van der Waals surface area contributed by atoms with Gasteiger partial charge < -0.3 is 20.1 Å². The highest BCUT2D eigenvalue weighted by Gasteiger charge is 2.25. The summed E-state index contributed by atoms with van der Waals surface area (Å²) in [5, 5.41) is 5.06. The van der Waals surface area contributed by atoms with Crippen molar-refractivity contribution in [3.8, 4) is 0 Å². The number of ether oxygens (including phenoxy) is 2. The Morgan fingerprint density at radius 1 is 0.829 bits per heavy atom. The van der Waals surface area contributed by atoms with Crippen LogP contribution in [0.4, 0.5) is 4.79 Å². The van der Waals surface area contributed by atoms with Crippen LogP contribution in [0.1, 0.15) is 25.0 Å². The zero-order valence-corrected chi connectivity index (χ0v) is 19.6. The van der Waals surface area contributed by atoms with Crippen LogP contribution in [0.3, 0.4) is 0 Å². The summed E-state index contributed by atoms with van der Waals surface area (Å²) >= 11 is 0. The fourth-order valence-corrected chi connectivity index (χ4v) is 2.92. The third-order valence-corrected chi connectivity index (χ3v) is 4.77. The molecule has 2 rings (SSSR count). The van der Waals surface area contributed by atoms with Gasteiger partial charge in [0.05, 0.1) is 12.6 Å². The molecule has 2 amide bonds. The Balaban J connectivity index is 2.01. The van der Waals surface area contributed by atoms with Gasteiger partial charge in [0.1, 0.15) is 12.6 Å². The molecule has 184 valence electrons. The van der Waals surface area contributed by atoms with Crippen molar-refractivity contribution in [2.24, 2.45) is 0 Å². The number of hydrogen-bond acceptors (Lipinski definition) is 7. The Hall–Kier alpha value is -4.27. The minimum atomic E-state index is -1.07. The monoisotopic (exact) mass is 480 g/mol. The molecule has 2 atom stereocenters. The Bertz CT molecular complexity index is 1050. The maximum Gasteiger partial charge on any atom is 0.408 e. The summed E-state index contributed by atoms with van der Waals surface area (Å²) in [4.78, 5) is 60.5. The molecule has 0 spiro atoms. The van der Waals surface area contributed by atoms with Crippen LogP contribution in [0.5, 0.6) is 0 Å². The molecule has 0 saturated carbocycles. The summed E-state index contributed by atoms with van der Waals surface area (Å²) in [6.07, 6.45) is 1.07. The number of alkyl carbamates (subject to hydrolysis) is 1. The number of carbonyl (C=O) groups excluding carboxylic acids is 5. The number of esters is 1. The topological polar surface area (TPSA) is 128 Å². The van der Waals surface area contributed by atoms with E-state index in [9.17, 15) is 24.0 Å². The van der Waals surface area contributed by atoms with Gasteiger partial charge in [-0.15, -0.1) is 0 Å². The average molecular weight is 481 g/mol. The summed E-state index contributed by atoms with van der Waals surface area (Å²) in [6, 6.07) is 16.1. The standard InChI is InChI=1S/C26H28N2O7/c1-3-34-25(32)23(30)15-14-22(29)18(2)27-24(31)21(16-19-10-6-4-7-11-19)28-26(33)35-17-20-12-8-5-9-13-20/h4-15,18,21H,3,16-17H2,1-2H3,(H,27,31)(H,28,33)/b15-14+/t18-,21-/m0/s1. The smallest absolute Gasteiger partial charge is 0.408 e. The second-order valence-corrected chi connectivity index (χ2v) is 7.50. The van der Waals surface area contributed by atoms with Crippen LogP contribution < -0.4 is 10.6 Å². The molecule has 0 saturated heterocycles. The number of amides is 2. The van der Waals surface area contributed by atoms with Gasteiger partial charge in [0.25, 0.3) is 5.78 Å². The minimum Gasteiger partial charge on any atom is -0.460 e. The summed E-state index contributed by atoms with van der Waals surface area (Å²) in [6.45, 7) is 3.03. The maximum atomic E-state index is 12.9. The molecule has 0 fully saturated rings. The maximum absolute atomic E-state index is 12.9. The largest absolute Gasteiger partial charge is 0.460 e. The molecule has 0 aromatic heterocycles. The first-order valence-corrected chi connectivity index (χ1v) is 11.0. The van der Waals surface area contributed by atoms with E-state index in [2.05, 4.69) is 15.4 Å². The predicted molar refractivity (Wildman–Crippen MR) is 127 cm³/mol. The van der Waals surface area contributed by atoms with Gasteiger partial charge in [0.15, 0.2) is 5.78 Å². The normalized spacial score (nSPS) is 12.3. The quantitative estimate of drug-likeness (QED) is 0.271. The van der Waals surface area contributed by atoms with E-state index in [0.29, 0.717) is 0 Å². The molecule has 0 unspecified atom stereocenters. The van der Waals surface area contributed by atoms with Gasteiger partial charge >= 0.3 is 12.1 Å². The Morgan fingerprint density at radius 2 is 1.43 bits per heavy atom. The average Bonchev–Trinajstić information content (AvgIpc) is 2.86. The highest BCUT2D eigenvalue weighted by molar-refractivity contribution is 6.38. The molecule has 0 aliphatic heterocycles. The third kappa shape index (κ3) is 9.63. The van der Waals surface area contributed by atoms with Gasteiger partial charge in [-0.1, -0.05) is 60.7 Å². The van der Waals surface area contributed by atoms with E-state index in [4.69, 9.17) is 4.74 Å². The number of hydrogen-bond donors (Lipinski definition) is 2. The van der Waals surface area contributed by atoms with Gasteiger partial charge in [-0.25, -0.2) is 9.59 Å². The number of benzene rings is 2. The molecular weight excluding hydrogens is 452 g/mol. The second-order valence-electron chi connectivity index (χ2n) is 7.50. The zero-order valence-electron chi connectivity index (χ0n) is 19.6. The van der Waals surface area contributed by atoms with Crippen LogP contribution in [-0.2, 0) is 41.7 Å². The molecule has 0 aliphatic carbocycles. The van der Waals surface area contributed by atoms with E-state index in [-0.39, 0.29) is 19.6 Å². The van der Waals surface area contributed by atoms with E-state index in [0.717, 1.165) is 23.3 Å². The first-order valence-electron chi connectivity index (χ1n) is 11.0. The fourth-order valence-electron chi connectivity index (χ4n) is 2.92. The molecule has 0 radical (unpaired) electrons. The third-order valence-electron chi connectivity index (χ3n) is 4.77. The Kier molecular flexibility index (Phi) is 10.9. The minimum absolute atomic E-state index is 0.0283. The van der Waals surface area contributed by atoms with Crippen LogP contribution in [0.25, 0.3) is 0 Å². The lowest BCUT2D eigenvalue weighted by Gasteiger charge is -2.20. The lowest BCUT2D eigenvalue weighted by molar-refractivity contribution is -0.151. The van der Waals surface area contributed by atoms with Gasteiger partial charge in [-0.05, 0) is 37.1 Å². The summed E-state index contributed by atoms with van der Waals surface area (Å²) in [5.41, 5.74) is 1.57. The van der Waals surface area contributed by atoms with Crippen LogP contribution in [-0.4, -0.2) is 48.2 Å². The molecule has 35 heavy (non-hydrogen) atoms. The van der Waals surface area contributed by atoms with E-state index < -0.39 is 41.6 Å². The second kappa shape index (κ2) is 14.1. The number of ketones is 2. The van der Waals surface area contributed by atoms with Crippen LogP contribution in [0, 0.1) is 0 Å². The number of carbonyl (C=O) groups is 5. The molecule has 2 N–H and O–H groups in total. The number of nitrogens with one attached hydrogen (secondary N) is 2. The highest BCUT2D eigenvalue weighted by Crippen LogP contribution is 2.06. The van der Waals surface area contributed by atoms with Crippen LogP contribution in [0.2, 0.25) is 0 Å². The molecular formula is C26H28N2O7. The van der Waals surface area contributed by atoms with Crippen LogP contribution in [0.15, 0.2) is 72.8 Å². The SMILES string of the molecule is CCOC(=O)C(=O)/C=C/C(=O)[C@H](C)NC(=O)[C@H](Cc1ccccc1)NC(=O)OCc1ccccc1. The molecule has 0 aliphatic rings. The molecule has 0 bridgehead atoms. The summed E-state index contributed by atoms with van der Waals surface area (Å²) in [7, 11) is 0. The lowest BCUT2D eigenvalue weighted by Crippen LogP contribution is -2.51. The number of rotatable bonds is 12. The summed E-state index contributed by atoms with van der Waals surface area (Å²) < 4.78 is 9.78. The van der Waals surface area contributed by atoms with Gasteiger partial charge in [0.2, 0.25) is 5.91 Å². The predicted octanol–water partition coefficient (Wildman–Crippen LogP) is 2.29. The first kappa shape index (κ1) is 27.0. The molecule has 0 heterocycles. The van der Waals surface area contributed by atoms with Crippen molar-refractivity contribution in [2.75, 3.05) is 6.61 Å². The van der Waals surface area contributed by atoms with Crippen molar-refractivity contribution in [2.45, 2.75) is 39.0 Å². The van der Waals surface area contributed by atoms with Gasteiger partial charge in [-0.3, -0.25) is 14.4 Å². The molecule has 2 aromatic carbocycles. The van der Waals surface area contributed by atoms with Gasteiger partial charge in [0, 0.05) is 6.42 Å². The first-order chi connectivity index (χ1) is 16.8. The van der Waals surface area contributed by atoms with E-state index in [1.54, 1.807) is 43.3 Å². The van der Waals surface area contributed by atoms with E-state index in [1.165, 1.54) is 6.92 Å². The van der Waals surface area contributed by atoms with Crippen molar-refractivity contribution in [1.29, 1.82) is 0 Å². The molecule has 9 heteroatoms. The van der Waals surface area contributed by atoms with Crippen molar-refractivity contribution < 1.29 is 33.4 Å². The zero-order chi connectivity index (χ0) is 25.6. The van der Waals surface area contributed by atoms with Crippen molar-refractivity contribution >= 4 is 29.5 Å². The Labute approximate surface area is 203 Å². The highest BCUT2D eigenvalue weighted by atomic mass is 16.5. The Morgan fingerprint density at radius 3 is 2.03 bits per heavy atom. The van der Waals surface area contributed by atoms with Gasteiger partial charge in [-0.2, -0.15) is 0 Å². The van der Waals surface area contributed by atoms with Crippen molar-refractivity contribution in [3.05, 3.63) is 83.9 Å². The van der Waals surface area contributed by atoms with Crippen molar-refractivity contribution in [3.63, 3.8) is 0 Å². The van der Waals surface area contributed by atoms with Crippen LogP contribution >= 0.6 is 0 Å². The van der Waals surface area contributed by atoms with E-state index in [1.807, 2.05) is 24.3 Å².